The summed E-state index contributed by atoms with van der Waals surface area (Å²) in [5.41, 5.74) is 4.41. The van der Waals surface area contributed by atoms with Gasteiger partial charge in [-0.05, 0) is 49.2 Å². The molecule has 0 saturated heterocycles. The van der Waals surface area contributed by atoms with Crippen LogP contribution in [0.3, 0.4) is 0 Å². The van der Waals surface area contributed by atoms with E-state index in [2.05, 4.69) is 66.1 Å². The fraction of sp³-hybridized carbons (Fsp3) is 0.286. The lowest BCUT2D eigenvalue weighted by molar-refractivity contribution is 0.155. The van der Waals surface area contributed by atoms with Crippen LogP contribution in [0.15, 0.2) is 65.8 Å². The third-order valence-electron chi connectivity index (χ3n) is 7.14. The molecule has 0 radical (unpaired) electrons. The highest BCUT2D eigenvalue weighted by Gasteiger charge is 2.32. The molecule has 0 bridgehead atoms. The first kappa shape index (κ1) is 23.6. The van der Waals surface area contributed by atoms with Crippen LogP contribution in [0.1, 0.15) is 38.8 Å². The van der Waals surface area contributed by atoms with Gasteiger partial charge >= 0.3 is 0 Å². The van der Waals surface area contributed by atoms with Crippen LogP contribution in [0.4, 0.5) is 11.6 Å². The van der Waals surface area contributed by atoms with Gasteiger partial charge in [0.1, 0.15) is 5.39 Å². The number of nitrogens with zero attached hydrogens (tertiary/aromatic N) is 6. The Morgan fingerprint density at radius 1 is 1.11 bits per heavy atom. The van der Waals surface area contributed by atoms with Crippen molar-refractivity contribution in [2.75, 3.05) is 11.9 Å². The summed E-state index contributed by atoms with van der Waals surface area (Å²) in [5.74, 6) is 0.841. The van der Waals surface area contributed by atoms with Crippen LogP contribution in [0.25, 0.3) is 22.5 Å². The zero-order valence-electron chi connectivity index (χ0n) is 21.2. The molecule has 0 saturated carbocycles. The normalized spacial score (nSPS) is 15.4. The molecule has 8 nitrogen and oxygen atoms in total. The van der Waals surface area contributed by atoms with Gasteiger partial charge in [-0.25, -0.2) is 14.5 Å². The topological polar surface area (TPSA) is 80.4 Å². The monoisotopic (exact) mass is 513 g/mol. The predicted octanol–water partition coefficient (Wildman–Crippen LogP) is 5.33. The van der Waals surface area contributed by atoms with Crippen molar-refractivity contribution in [2.45, 2.75) is 45.7 Å². The number of halogens is 1. The van der Waals surface area contributed by atoms with E-state index in [1.807, 2.05) is 12.1 Å². The van der Waals surface area contributed by atoms with E-state index in [0.717, 1.165) is 18.8 Å². The van der Waals surface area contributed by atoms with Gasteiger partial charge in [0.2, 0.25) is 11.7 Å². The first-order chi connectivity index (χ1) is 17.7. The minimum absolute atomic E-state index is 0.0738. The summed E-state index contributed by atoms with van der Waals surface area (Å²) in [7, 11) is 0. The van der Waals surface area contributed by atoms with Crippen molar-refractivity contribution in [1.82, 2.24) is 28.8 Å². The van der Waals surface area contributed by atoms with Gasteiger partial charge in [-0.2, -0.15) is 4.98 Å². The molecule has 188 valence electrons. The van der Waals surface area contributed by atoms with Crippen LogP contribution in [0.2, 0.25) is 5.02 Å². The second-order valence-corrected chi connectivity index (χ2v) is 10.9. The summed E-state index contributed by atoms with van der Waals surface area (Å²) in [4.78, 5) is 29.6. The molecule has 1 N–H and O–H groups in total. The minimum Gasteiger partial charge on any atom is -0.324 e. The molecule has 0 spiro atoms. The second-order valence-electron chi connectivity index (χ2n) is 10.5. The van der Waals surface area contributed by atoms with Crippen molar-refractivity contribution in [1.29, 1.82) is 0 Å². The Bertz CT molecular complexity index is 1720. The molecular weight excluding hydrogens is 486 g/mol. The molecule has 0 unspecified atom stereocenters. The first-order valence-electron chi connectivity index (χ1n) is 12.4. The van der Waals surface area contributed by atoms with Gasteiger partial charge in [-0.1, -0.05) is 43.6 Å². The summed E-state index contributed by atoms with van der Waals surface area (Å²) < 4.78 is 3.27. The molecular formula is C28H28ClN7O. The molecule has 0 aliphatic carbocycles. The van der Waals surface area contributed by atoms with Gasteiger partial charge in [-0.15, -0.1) is 0 Å². The maximum atomic E-state index is 13.5. The average molecular weight is 514 g/mol. The highest BCUT2D eigenvalue weighted by atomic mass is 35.5. The fourth-order valence-electron chi connectivity index (χ4n) is 5.28. The molecule has 2 aromatic carbocycles. The Labute approximate surface area is 219 Å². The van der Waals surface area contributed by atoms with Crippen molar-refractivity contribution >= 4 is 40.0 Å². The second kappa shape index (κ2) is 8.68. The van der Waals surface area contributed by atoms with Crippen molar-refractivity contribution < 1.29 is 0 Å². The van der Waals surface area contributed by atoms with Crippen molar-refractivity contribution in [3.8, 4) is 5.69 Å². The van der Waals surface area contributed by atoms with E-state index >= 15 is 0 Å². The number of anilines is 2. The quantitative estimate of drug-likeness (QED) is 0.350. The van der Waals surface area contributed by atoms with Crippen molar-refractivity contribution in [3.05, 3.63) is 87.6 Å². The number of nitrogens with one attached hydrogen (secondary N) is 1. The van der Waals surface area contributed by atoms with Crippen LogP contribution in [0, 0.1) is 0 Å². The van der Waals surface area contributed by atoms with Gasteiger partial charge in [0, 0.05) is 48.8 Å². The third-order valence-corrected chi connectivity index (χ3v) is 7.46. The molecule has 0 atom stereocenters. The molecule has 6 rings (SSSR count). The largest absolute Gasteiger partial charge is 0.324 e. The standard InChI is InChI=1S/C28H28ClN7O/c1-17(2)34-15-18-13-19(9-10-21(18)28(3,4)16-34)32-26-31-14-20-24(33-26)35-12-11-30-27(35)36(25(20)37)23-8-6-5-7-22(23)29/h5-14,17H,15-16H2,1-4H3,(H,31,32,33). The van der Waals surface area contributed by atoms with E-state index in [-0.39, 0.29) is 11.0 Å². The predicted molar refractivity (Wildman–Crippen MR) is 147 cm³/mol. The molecule has 5 aromatic rings. The summed E-state index contributed by atoms with van der Waals surface area (Å²) in [5, 5.41) is 4.17. The van der Waals surface area contributed by atoms with Crippen LogP contribution in [-0.4, -0.2) is 41.4 Å². The van der Waals surface area contributed by atoms with E-state index in [9.17, 15) is 4.79 Å². The Morgan fingerprint density at radius 2 is 1.92 bits per heavy atom. The molecule has 0 fully saturated rings. The SMILES string of the molecule is CC(C)N1Cc2cc(Nc3ncc4c(=O)n(-c5ccccc5Cl)c5nccn5c4n3)ccc2C(C)(C)C1. The molecule has 37 heavy (non-hydrogen) atoms. The molecule has 4 heterocycles. The number of imidazole rings is 1. The zero-order chi connectivity index (χ0) is 25.9. The van der Waals surface area contributed by atoms with Gasteiger partial charge in [0.05, 0.1) is 10.7 Å². The first-order valence-corrected chi connectivity index (χ1v) is 12.7. The summed E-state index contributed by atoms with van der Waals surface area (Å²) in [6, 6.07) is 14.1. The molecule has 9 heteroatoms. The number of fused-ring (bicyclic) bond motifs is 4. The molecule has 1 aliphatic heterocycles. The molecule has 3 aromatic heterocycles. The lowest BCUT2D eigenvalue weighted by Crippen LogP contribution is -2.45. The number of hydrogen-bond acceptors (Lipinski definition) is 6. The maximum absolute atomic E-state index is 13.5. The number of aromatic nitrogens is 5. The highest BCUT2D eigenvalue weighted by molar-refractivity contribution is 6.32. The minimum atomic E-state index is -0.280. The average Bonchev–Trinajstić information content (AvgIpc) is 3.34. The summed E-state index contributed by atoms with van der Waals surface area (Å²) in [6.45, 7) is 11.0. The highest BCUT2D eigenvalue weighted by Crippen LogP contribution is 2.36. The van der Waals surface area contributed by atoms with Gasteiger partial charge < -0.3 is 5.32 Å². The Morgan fingerprint density at radius 3 is 2.70 bits per heavy atom. The lowest BCUT2D eigenvalue weighted by Gasteiger charge is -2.42. The van der Waals surface area contributed by atoms with E-state index in [0.29, 0.717) is 39.5 Å². The number of benzene rings is 2. The Hall–Kier alpha value is -3.75. The summed E-state index contributed by atoms with van der Waals surface area (Å²) >= 11 is 6.42. The number of rotatable bonds is 4. The van der Waals surface area contributed by atoms with E-state index < -0.39 is 0 Å². The van der Waals surface area contributed by atoms with Crippen LogP contribution in [-0.2, 0) is 12.0 Å². The Balaban J connectivity index is 1.42. The third kappa shape index (κ3) is 3.97. The number of hydrogen-bond donors (Lipinski definition) is 1. The fourth-order valence-corrected chi connectivity index (χ4v) is 5.50. The van der Waals surface area contributed by atoms with E-state index in [1.165, 1.54) is 15.7 Å². The van der Waals surface area contributed by atoms with Crippen LogP contribution >= 0.6 is 11.6 Å². The van der Waals surface area contributed by atoms with Crippen molar-refractivity contribution in [2.24, 2.45) is 0 Å². The van der Waals surface area contributed by atoms with Crippen LogP contribution in [0.5, 0.6) is 0 Å². The van der Waals surface area contributed by atoms with Gasteiger partial charge in [0.15, 0.2) is 5.65 Å². The molecule has 1 aliphatic rings. The smallest absolute Gasteiger partial charge is 0.270 e. The maximum Gasteiger partial charge on any atom is 0.270 e. The summed E-state index contributed by atoms with van der Waals surface area (Å²) in [6.07, 6.45) is 4.98. The van der Waals surface area contributed by atoms with Gasteiger partial charge in [0.25, 0.3) is 5.56 Å². The van der Waals surface area contributed by atoms with Crippen molar-refractivity contribution in [3.63, 3.8) is 0 Å². The van der Waals surface area contributed by atoms with Gasteiger partial charge in [-0.3, -0.25) is 14.1 Å². The molecule has 0 amide bonds. The van der Waals surface area contributed by atoms with E-state index in [1.54, 1.807) is 35.1 Å². The van der Waals surface area contributed by atoms with Crippen LogP contribution < -0.4 is 10.9 Å². The number of para-hydroxylation sites is 1. The van der Waals surface area contributed by atoms with E-state index in [4.69, 9.17) is 16.6 Å². The lowest BCUT2D eigenvalue weighted by atomic mass is 9.78. The Kier molecular flexibility index (Phi) is 5.54. The zero-order valence-corrected chi connectivity index (χ0v) is 22.0.